The summed E-state index contributed by atoms with van der Waals surface area (Å²) in [5.74, 6) is 0. The Hall–Kier alpha value is -3.35. The lowest BCUT2D eigenvalue weighted by atomic mass is 10.2. The molecule has 2 N–H and O–H groups in total. The number of benzene rings is 2. The van der Waals surface area contributed by atoms with Gasteiger partial charge in [0.25, 0.3) is 0 Å². The summed E-state index contributed by atoms with van der Waals surface area (Å²) in [7, 11) is 7.91. The van der Waals surface area contributed by atoms with Crippen LogP contribution in [0.3, 0.4) is 0 Å². The molecule has 0 spiro atoms. The number of nitrogens with one attached hydrogen (secondary N) is 2. The molecule has 0 radical (unpaired) electrons. The lowest BCUT2D eigenvalue weighted by molar-refractivity contribution is 0.242. The van der Waals surface area contributed by atoms with Crippen molar-refractivity contribution in [3.8, 4) is 0 Å². The molecule has 2 aromatic carbocycles. The van der Waals surface area contributed by atoms with E-state index in [0.29, 0.717) is 0 Å². The molecule has 0 aromatic heterocycles. The van der Waals surface area contributed by atoms with E-state index >= 15 is 0 Å². The van der Waals surface area contributed by atoms with E-state index in [9.17, 15) is 4.79 Å². The smallest absolute Gasteiger partial charge is 0.355 e. The zero-order chi connectivity index (χ0) is 18.9. The average Bonchev–Trinajstić information content (AvgIpc) is 2.62. The minimum atomic E-state index is -0.507. The maximum absolute atomic E-state index is 11.6. The standard InChI is InChI=1S/C19H24N6O/c1-24(2)17-9-5-15(6-10-17)13-20-22-19(26)23-21-14-16-7-11-18(12-8-16)25(3)4/h5-14H,1-4H3,(H2,22,23,26)/b20-13-,21-14?. The third kappa shape index (κ3) is 5.94. The maximum atomic E-state index is 11.6. The van der Waals surface area contributed by atoms with Crippen LogP contribution in [-0.2, 0) is 0 Å². The molecule has 7 heteroatoms. The summed E-state index contributed by atoms with van der Waals surface area (Å²) >= 11 is 0. The van der Waals surface area contributed by atoms with Gasteiger partial charge >= 0.3 is 6.03 Å². The molecule has 0 atom stereocenters. The van der Waals surface area contributed by atoms with Gasteiger partial charge in [-0.2, -0.15) is 10.2 Å². The number of urea groups is 1. The van der Waals surface area contributed by atoms with Gasteiger partial charge in [0.15, 0.2) is 0 Å². The third-order valence-electron chi connectivity index (χ3n) is 3.58. The number of hydrogen-bond donors (Lipinski definition) is 2. The van der Waals surface area contributed by atoms with Crippen molar-refractivity contribution in [1.29, 1.82) is 0 Å². The molecule has 2 rings (SSSR count). The van der Waals surface area contributed by atoms with Gasteiger partial charge in [0.05, 0.1) is 12.4 Å². The van der Waals surface area contributed by atoms with E-state index in [1.807, 2.05) is 86.5 Å². The molecule has 0 saturated carbocycles. The van der Waals surface area contributed by atoms with Gasteiger partial charge in [0, 0.05) is 39.6 Å². The Morgan fingerprint density at radius 3 is 1.38 bits per heavy atom. The zero-order valence-electron chi connectivity index (χ0n) is 15.5. The number of hydrazone groups is 2. The summed E-state index contributed by atoms with van der Waals surface area (Å²) in [5, 5.41) is 7.79. The molecular formula is C19H24N6O. The highest BCUT2D eigenvalue weighted by Gasteiger charge is 1.97. The lowest BCUT2D eigenvalue weighted by Gasteiger charge is -2.11. The molecule has 0 fully saturated rings. The molecular weight excluding hydrogens is 328 g/mol. The quantitative estimate of drug-likeness (QED) is 0.620. The molecule has 0 heterocycles. The van der Waals surface area contributed by atoms with Crippen LogP contribution in [-0.4, -0.2) is 46.7 Å². The fourth-order valence-electron chi connectivity index (χ4n) is 2.07. The molecule has 0 unspecified atom stereocenters. The van der Waals surface area contributed by atoms with Gasteiger partial charge < -0.3 is 9.80 Å². The number of amides is 2. The Morgan fingerprint density at radius 2 is 1.08 bits per heavy atom. The number of nitrogens with zero attached hydrogens (tertiary/aromatic N) is 4. The van der Waals surface area contributed by atoms with Gasteiger partial charge in [0.1, 0.15) is 0 Å². The van der Waals surface area contributed by atoms with Crippen molar-refractivity contribution < 1.29 is 4.79 Å². The van der Waals surface area contributed by atoms with E-state index in [1.54, 1.807) is 12.4 Å². The second kappa shape index (κ2) is 9.22. The molecule has 0 aliphatic carbocycles. The molecule has 2 amide bonds. The largest absolute Gasteiger partial charge is 0.378 e. The van der Waals surface area contributed by atoms with Crippen molar-refractivity contribution >= 4 is 29.8 Å². The summed E-state index contributed by atoms with van der Waals surface area (Å²) in [6.07, 6.45) is 3.14. The maximum Gasteiger partial charge on any atom is 0.355 e. The first kappa shape index (κ1) is 19.0. The third-order valence-corrected chi connectivity index (χ3v) is 3.58. The molecule has 2 aromatic rings. The number of carbonyl (C=O) groups is 1. The Labute approximate surface area is 154 Å². The van der Waals surface area contributed by atoms with E-state index in [1.165, 1.54) is 0 Å². The van der Waals surface area contributed by atoms with E-state index in [4.69, 9.17) is 0 Å². The highest BCUT2D eigenvalue weighted by molar-refractivity contribution is 5.84. The predicted molar refractivity (Wildman–Crippen MR) is 108 cm³/mol. The second-order valence-corrected chi connectivity index (χ2v) is 6.04. The summed E-state index contributed by atoms with van der Waals surface area (Å²) in [6.45, 7) is 0. The fraction of sp³-hybridized carbons (Fsp3) is 0.211. The Morgan fingerprint density at radius 1 is 0.731 bits per heavy atom. The number of carbonyl (C=O) groups excluding carboxylic acids is 1. The highest BCUT2D eigenvalue weighted by Crippen LogP contribution is 2.11. The van der Waals surface area contributed by atoms with Crippen molar-refractivity contribution in [2.75, 3.05) is 38.0 Å². The first-order valence-electron chi connectivity index (χ1n) is 8.12. The van der Waals surface area contributed by atoms with Gasteiger partial charge in [-0.15, -0.1) is 0 Å². The monoisotopic (exact) mass is 352 g/mol. The van der Waals surface area contributed by atoms with Crippen LogP contribution >= 0.6 is 0 Å². The van der Waals surface area contributed by atoms with Gasteiger partial charge in [-0.3, -0.25) is 0 Å². The van der Waals surface area contributed by atoms with E-state index in [2.05, 4.69) is 21.1 Å². The van der Waals surface area contributed by atoms with Gasteiger partial charge in [-0.05, 0) is 35.4 Å². The van der Waals surface area contributed by atoms with E-state index in [-0.39, 0.29) is 0 Å². The minimum absolute atomic E-state index is 0.507. The number of anilines is 2. The molecule has 0 aliphatic rings. The van der Waals surface area contributed by atoms with Gasteiger partial charge in [-0.25, -0.2) is 15.6 Å². The first-order valence-corrected chi connectivity index (χ1v) is 8.12. The van der Waals surface area contributed by atoms with Crippen molar-refractivity contribution in [2.24, 2.45) is 10.2 Å². The normalized spacial score (nSPS) is 10.9. The summed E-state index contributed by atoms with van der Waals surface area (Å²) in [4.78, 5) is 15.7. The second-order valence-electron chi connectivity index (χ2n) is 6.04. The summed E-state index contributed by atoms with van der Waals surface area (Å²) in [6, 6.07) is 15.1. The Kier molecular flexibility index (Phi) is 6.73. The van der Waals surface area contributed by atoms with Crippen LogP contribution in [0.1, 0.15) is 11.1 Å². The number of hydrogen-bond acceptors (Lipinski definition) is 5. The van der Waals surface area contributed by atoms with Crippen molar-refractivity contribution in [3.05, 3.63) is 59.7 Å². The van der Waals surface area contributed by atoms with Gasteiger partial charge in [0.2, 0.25) is 0 Å². The van der Waals surface area contributed by atoms with Crippen LogP contribution in [0.25, 0.3) is 0 Å². The topological polar surface area (TPSA) is 72.3 Å². The Bertz CT molecular complexity index is 698. The summed E-state index contributed by atoms with van der Waals surface area (Å²) < 4.78 is 0. The van der Waals surface area contributed by atoms with Crippen molar-refractivity contribution in [1.82, 2.24) is 10.9 Å². The van der Waals surface area contributed by atoms with Crippen LogP contribution in [0.5, 0.6) is 0 Å². The average molecular weight is 352 g/mol. The minimum Gasteiger partial charge on any atom is -0.378 e. The van der Waals surface area contributed by atoms with E-state index in [0.717, 1.165) is 22.5 Å². The Balaban J connectivity index is 1.79. The molecule has 0 aliphatic heterocycles. The van der Waals surface area contributed by atoms with Crippen LogP contribution in [0.4, 0.5) is 16.2 Å². The van der Waals surface area contributed by atoms with E-state index < -0.39 is 6.03 Å². The van der Waals surface area contributed by atoms with Crippen molar-refractivity contribution in [2.45, 2.75) is 0 Å². The van der Waals surface area contributed by atoms with Crippen LogP contribution in [0.2, 0.25) is 0 Å². The molecule has 136 valence electrons. The molecule has 0 bridgehead atoms. The molecule has 0 saturated heterocycles. The zero-order valence-corrected chi connectivity index (χ0v) is 15.5. The lowest BCUT2D eigenvalue weighted by Crippen LogP contribution is -2.28. The van der Waals surface area contributed by atoms with Gasteiger partial charge in [-0.1, -0.05) is 24.3 Å². The first-order chi connectivity index (χ1) is 12.5. The fourth-order valence-corrected chi connectivity index (χ4v) is 2.07. The predicted octanol–water partition coefficient (Wildman–Crippen LogP) is 2.49. The summed E-state index contributed by atoms with van der Waals surface area (Å²) in [5.41, 5.74) is 8.71. The van der Waals surface area contributed by atoms with Crippen LogP contribution in [0, 0.1) is 0 Å². The van der Waals surface area contributed by atoms with Crippen molar-refractivity contribution in [3.63, 3.8) is 0 Å². The molecule has 7 nitrogen and oxygen atoms in total. The highest BCUT2D eigenvalue weighted by atomic mass is 16.2. The number of rotatable bonds is 6. The molecule has 26 heavy (non-hydrogen) atoms. The van der Waals surface area contributed by atoms with Crippen LogP contribution < -0.4 is 20.7 Å². The SMILES string of the molecule is CN(C)c1ccc(C=NNC(=O)N/N=C\c2ccc(N(C)C)cc2)cc1. The van der Waals surface area contributed by atoms with Crippen LogP contribution in [0.15, 0.2) is 58.7 Å².